The van der Waals surface area contributed by atoms with Crippen molar-refractivity contribution in [1.29, 1.82) is 5.26 Å². The predicted molar refractivity (Wildman–Crippen MR) is 144 cm³/mol. The van der Waals surface area contributed by atoms with Crippen LogP contribution in [0, 0.1) is 23.1 Å². The van der Waals surface area contributed by atoms with Crippen LogP contribution in [0.2, 0.25) is 0 Å². The van der Waals surface area contributed by atoms with Crippen LogP contribution in [0.5, 0.6) is 0 Å². The molecule has 1 heterocycles. The summed E-state index contributed by atoms with van der Waals surface area (Å²) in [4.78, 5) is 0. The summed E-state index contributed by atoms with van der Waals surface area (Å²) in [7, 11) is 0. The van der Waals surface area contributed by atoms with Crippen molar-refractivity contribution in [2.24, 2.45) is 11.7 Å². The second-order valence-electron chi connectivity index (χ2n) is 9.92. The number of aromatic nitrogens is 2. The van der Waals surface area contributed by atoms with Gasteiger partial charge in [0.25, 0.3) is 0 Å². The van der Waals surface area contributed by atoms with E-state index in [1.54, 1.807) is 54.6 Å². The molecule has 1 atom stereocenters. The summed E-state index contributed by atoms with van der Waals surface area (Å²) in [5.41, 5.74) is 8.33. The minimum Gasteiger partial charge on any atom is -0.377 e. The molecule has 0 amide bonds. The maximum atomic E-state index is 15.0. The summed E-state index contributed by atoms with van der Waals surface area (Å²) in [6.07, 6.45) is -2.35. The van der Waals surface area contributed by atoms with Crippen LogP contribution in [0.1, 0.15) is 52.5 Å². The molecule has 1 aromatic heterocycles. The van der Waals surface area contributed by atoms with Gasteiger partial charge in [-0.1, -0.05) is 30.3 Å². The van der Waals surface area contributed by atoms with Crippen LogP contribution in [0.15, 0.2) is 72.8 Å². The first-order valence-corrected chi connectivity index (χ1v) is 13.0. The zero-order valence-corrected chi connectivity index (χ0v) is 21.5. The van der Waals surface area contributed by atoms with Gasteiger partial charge in [0.05, 0.1) is 41.3 Å². The molecular weight excluding hydrogens is 520 g/mol. The number of hydrogen-bond donors (Lipinski definition) is 3. The number of rotatable bonds is 10. The first-order valence-electron chi connectivity index (χ1n) is 13.0. The molecule has 0 saturated heterocycles. The summed E-state index contributed by atoms with van der Waals surface area (Å²) in [5, 5.41) is 19.7. The van der Waals surface area contributed by atoms with Crippen LogP contribution in [0.25, 0.3) is 5.69 Å². The van der Waals surface area contributed by atoms with Gasteiger partial charge in [-0.05, 0) is 84.5 Å². The van der Waals surface area contributed by atoms with E-state index in [9.17, 15) is 22.8 Å². The summed E-state index contributed by atoms with van der Waals surface area (Å²) in [5.74, 6) is 0.0447. The van der Waals surface area contributed by atoms with Crippen molar-refractivity contribution in [2.45, 2.75) is 38.1 Å². The molecule has 1 fully saturated rings. The Labute approximate surface area is 229 Å². The third-order valence-electron chi connectivity index (χ3n) is 6.90. The maximum absolute atomic E-state index is 15.0. The van der Waals surface area contributed by atoms with Gasteiger partial charge in [0.15, 0.2) is 5.69 Å². The Hall–Kier alpha value is -4.20. The highest BCUT2D eigenvalue weighted by Crippen LogP contribution is 2.33. The fraction of sp³-hybridized carbons (Fsp3) is 0.267. The lowest BCUT2D eigenvalue weighted by Gasteiger charge is -2.21. The number of nitriles is 1. The molecule has 0 bridgehead atoms. The SMILES string of the molecule is N#Cc1cccc(C(NCC2CC2)c2ccc(F)c(NCc3cc(C(F)(F)F)nn3-c3cccc(CN)c3)c2)c1. The number of alkyl halides is 3. The average Bonchev–Trinajstić information content (AvgIpc) is 3.68. The third-order valence-corrected chi connectivity index (χ3v) is 6.90. The monoisotopic (exact) mass is 548 g/mol. The molecule has 40 heavy (non-hydrogen) atoms. The van der Waals surface area contributed by atoms with Crippen LogP contribution in [0.4, 0.5) is 23.2 Å². The maximum Gasteiger partial charge on any atom is 0.435 e. The Morgan fingerprint density at radius 1 is 1.02 bits per heavy atom. The lowest BCUT2D eigenvalue weighted by molar-refractivity contribution is -0.141. The van der Waals surface area contributed by atoms with Crippen LogP contribution in [0.3, 0.4) is 0 Å². The predicted octanol–water partition coefficient (Wildman–Crippen LogP) is 6.06. The number of nitrogens with zero attached hydrogens (tertiary/aromatic N) is 3. The van der Waals surface area contributed by atoms with Gasteiger partial charge in [-0.25, -0.2) is 9.07 Å². The number of anilines is 1. The number of halogens is 4. The van der Waals surface area contributed by atoms with Crippen molar-refractivity contribution in [3.63, 3.8) is 0 Å². The van der Waals surface area contributed by atoms with Crippen LogP contribution in [-0.2, 0) is 19.3 Å². The van der Waals surface area contributed by atoms with Crippen molar-refractivity contribution in [3.8, 4) is 11.8 Å². The molecule has 1 unspecified atom stereocenters. The fourth-order valence-corrected chi connectivity index (χ4v) is 4.59. The molecule has 5 rings (SSSR count). The van der Waals surface area contributed by atoms with Gasteiger partial charge >= 0.3 is 6.18 Å². The summed E-state index contributed by atoms with van der Waals surface area (Å²) >= 11 is 0. The van der Waals surface area contributed by atoms with E-state index in [-0.39, 0.29) is 30.5 Å². The Morgan fingerprint density at radius 2 is 1.80 bits per heavy atom. The summed E-state index contributed by atoms with van der Waals surface area (Å²) < 4.78 is 56.8. The van der Waals surface area contributed by atoms with E-state index < -0.39 is 17.7 Å². The zero-order chi connectivity index (χ0) is 28.3. The Kier molecular flexibility index (Phi) is 7.87. The minimum absolute atomic E-state index is 0.111. The smallest absolute Gasteiger partial charge is 0.377 e. The molecule has 4 aromatic rings. The van der Waals surface area contributed by atoms with Gasteiger partial charge in [-0.3, -0.25) is 0 Å². The third kappa shape index (κ3) is 6.33. The molecule has 6 nitrogen and oxygen atoms in total. The average molecular weight is 549 g/mol. The van der Waals surface area contributed by atoms with E-state index in [1.165, 1.54) is 10.7 Å². The van der Waals surface area contributed by atoms with Crippen LogP contribution < -0.4 is 16.4 Å². The van der Waals surface area contributed by atoms with Crippen LogP contribution >= 0.6 is 0 Å². The molecule has 4 N–H and O–H groups in total. The Bertz CT molecular complexity index is 1530. The van der Waals surface area contributed by atoms with Crippen molar-refractivity contribution in [3.05, 3.63) is 112 Å². The molecule has 206 valence electrons. The zero-order valence-electron chi connectivity index (χ0n) is 21.5. The molecule has 1 aliphatic rings. The van der Waals surface area contributed by atoms with E-state index in [0.29, 0.717) is 17.2 Å². The van der Waals surface area contributed by atoms with Gasteiger partial charge in [-0.2, -0.15) is 23.5 Å². The summed E-state index contributed by atoms with van der Waals surface area (Å²) in [6.45, 7) is 0.892. The van der Waals surface area contributed by atoms with E-state index in [0.717, 1.165) is 42.1 Å². The van der Waals surface area contributed by atoms with Gasteiger partial charge in [0.2, 0.25) is 0 Å². The van der Waals surface area contributed by atoms with Gasteiger partial charge in [0, 0.05) is 6.54 Å². The molecule has 3 aromatic carbocycles. The molecule has 10 heteroatoms. The normalized spacial score (nSPS) is 14.1. The first-order chi connectivity index (χ1) is 19.2. The second kappa shape index (κ2) is 11.5. The molecular formula is C30H28F4N6. The fourth-order valence-electron chi connectivity index (χ4n) is 4.59. The standard InChI is InChI=1S/C30H28F4N6/c31-26-10-9-23(29(38-17-19-7-8-19)22-5-1-3-20(11-22)15-35)13-27(26)37-18-25-14-28(30(32,33)34)39-40(25)24-6-2-4-21(12-24)16-36/h1-6,9-14,19,29,37-38H,7-8,16-18,36H2. The van der Waals surface area contributed by atoms with Gasteiger partial charge < -0.3 is 16.4 Å². The van der Waals surface area contributed by atoms with Crippen molar-refractivity contribution >= 4 is 5.69 Å². The number of nitrogens with two attached hydrogens (primary N) is 1. The molecule has 0 spiro atoms. The highest BCUT2D eigenvalue weighted by molar-refractivity contribution is 5.51. The van der Waals surface area contributed by atoms with Gasteiger partial charge in [-0.15, -0.1) is 0 Å². The molecule has 1 saturated carbocycles. The van der Waals surface area contributed by atoms with Crippen LogP contribution in [-0.4, -0.2) is 16.3 Å². The number of hydrogen-bond acceptors (Lipinski definition) is 5. The topological polar surface area (TPSA) is 91.7 Å². The lowest BCUT2D eigenvalue weighted by Crippen LogP contribution is -2.25. The largest absolute Gasteiger partial charge is 0.435 e. The Morgan fingerprint density at radius 3 is 2.52 bits per heavy atom. The van der Waals surface area contributed by atoms with Gasteiger partial charge in [0.1, 0.15) is 5.82 Å². The molecule has 0 aliphatic heterocycles. The number of nitrogens with one attached hydrogen (secondary N) is 2. The van der Waals surface area contributed by atoms with E-state index >= 15 is 0 Å². The first kappa shape index (κ1) is 27.4. The van der Waals surface area contributed by atoms with E-state index in [1.807, 2.05) is 6.07 Å². The highest BCUT2D eigenvalue weighted by Gasteiger charge is 2.35. The van der Waals surface area contributed by atoms with Crippen molar-refractivity contribution < 1.29 is 17.6 Å². The van der Waals surface area contributed by atoms with Crippen molar-refractivity contribution in [2.75, 3.05) is 11.9 Å². The minimum atomic E-state index is -4.64. The van der Waals surface area contributed by atoms with Crippen molar-refractivity contribution in [1.82, 2.24) is 15.1 Å². The van der Waals surface area contributed by atoms with E-state index in [4.69, 9.17) is 5.73 Å². The Balaban J connectivity index is 1.45. The van der Waals surface area contributed by atoms with E-state index in [2.05, 4.69) is 21.8 Å². The number of benzene rings is 3. The molecule has 0 radical (unpaired) electrons. The summed E-state index contributed by atoms with van der Waals surface area (Å²) in [6, 6.07) is 21.5. The highest BCUT2D eigenvalue weighted by atomic mass is 19.4. The molecule has 1 aliphatic carbocycles. The second-order valence-corrected chi connectivity index (χ2v) is 9.92. The quantitative estimate of drug-likeness (QED) is 0.210. The lowest BCUT2D eigenvalue weighted by atomic mass is 9.96.